The second-order valence-electron chi connectivity index (χ2n) is 8.08. The highest BCUT2D eigenvalue weighted by atomic mass is 16.5. The topological polar surface area (TPSA) is 117 Å². The molecule has 2 saturated heterocycles. The highest BCUT2D eigenvalue weighted by Gasteiger charge is 2.45. The molecule has 2 fully saturated rings. The lowest BCUT2D eigenvalue weighted by Gasteiger charge is -2.27. The molecule has 0 radical (unpaired) electrons. The van der Waals surface area contributed by atoms with Crippen LogP contribution < -0.4 is 16.0 Å². The van der Waals surface area contributed by atoms with Gasteiger partial charge in [0.05, 0.1) is 17.7 Å². The third-order valence-electron chi connectivity index (χ3n) is 5.98. The molecule has 1 aromatic rings. The largest absolute Gasteiger partial charge is 0.384 e. The molecule has 160 valence electrons. The van der Waals surface area contributed by atoms with Gasteiger partial charge >= 0.3 is 0 Å². The first kappa shape index (κ1) is 20.6. The number of carbonyl (C=O) groups is 4. The van der Waals surface area contributed by atoms with Crippen molar-refractivity contribution >= 4 is 23.6 Å². The number of methoxy groups -OCH3 is 1. The Bertz CT molecular complexity index is 886. The van der Waals surface area contributed by atoms with Gasteiger partial charge < -0.3 is 15.4 Å². The molecule has 9 nitrogen and oxygen atoms in total. The number of piperidine rings is 1. The molecule has 0 saturated carbocycles. The predicted molar refractivity (Wildman–Crippen MR) is 107 cm³/mol. The Kier molecular flexibility index (Phi) is 5.94. The quantitative estimate of drug-likeness (QED) is 0.529. The summed E-state index contributed by atoms with van der Waals surface area (Å²) < 4.78 is 5.21. The minimum absolute atomic E-state index is 0.108. The van der Waals surface area contributed by atoms with Crippen LogP contribution in [0.5, 0.6) is 0 Å². The molecule has 0 aromatic heterocycles. The summed E-state index contributed by atoms with van der Waals surface area (Å²) in [6.45, 7) is 2.85. The normalized spacial score (nSPS) is 26.3. The monoisotopic (exact) mass is 414 g/mol. The van der Waals surface area contributed by atoms with Crippen molar-refractivity contribution in [3.63, 3.8) is 0 Å². The van der Waals surface area contributed by atoms with E-state index in [0.29, 0.717) is 29.6 Å². The summed E-state index contributed by atoms with van der Waals surface area (Å²) in [6, 6.07) is 4.56. The third-order valence-corrected chi connectivity index (χ3v) is 5.98. The summed E-state index contributed by atoms with van der Waals surface area (Å²) in [5, 5.41) is 9.05. The molecule has 3 N–H and O–H groups in total. The van der Waals surface area contributed by atoms with Gasteiger partial charge in [-0.25, -0.2) is 0 Å². The highest BCUT2D eigenvalue weighted by molar-refractivity contribution is 6.24. The molecule has 4 rings (SSSR count). The number of imide groups is 2. The van der Waals surface area contributed by atoms with E-state index < -0.39 is 23.8 Å². The van der Waals surface area contributed by atoms with Crippen LogP contribution in [0.2, 0.25) is 0 Å². The summed E-state index contributed by atoms with van der Waals surface area (Å²) in [5.74, 6) is -1.43. The van der Waals surface area contributed by atoms with E-state index in [-0.39, 0.29) is 18.7 Å². The molecule has 4 amide bonds. The molecule has 30 heavy (non-hydrogen) atoms. The fraction of sp³-hybridized carbons (Fsp3) is 0.524. The maximum Gasteiger partial charge on any atom is 0.262 e. The number of fused-ring (bicyclic) bond motifs is 1. The fourth-order valence-corrected chi connectivity index (χ4v) is 4.53. The van der Waals surface area contributed by atoms with Crippen molar-refractivity contribution in [3.05, 3.63) is 34.9 Å². The van der Waals surface area contributed by atoms with Crippen LogP contribution in [0.3, 0.4) is 0 Å². The first-order valence-electron chi connectivity index (χ1n) is 10.3. The van der Waals surface area contributed by atoms with Gasteiger partial charge in [-0.3, -0.25) is 29.4 Å². The van der Waals surface area contributed by atoms with Crippen LogP contribution in [0, 0.1) is 5.92 Å². The van der Waals surface area contributed by atoms with Crippen LogP contribution in [0.15, 0.2) is 18.2 Å². The van der Waals surface area contributed by atoms with Crippen LogP contribution in [0.4, 0.5) is 0 Å². The van der Waals surface area contributed by atoms with Gasteiger partial charge in [-0.1, -0.05) is 12.1 Å². The summed E-state index contributed by atoms with van der Waals surface area (Å²) in [5.41, 5.74) is 1.38. The Balaban J connectivity index is 1.43. The smallest absolute Gasteiger partial charge is 0.262 e. The standard InChI is InChI=1S/C21H26N4O5/c1-30-11-12-7-14(23-8-12)10-22-9-13-3-2-4-15-18(13)21(29)25(20(15)28)16-5-6-17(26)24-19(16)27/h2-4,12,14,16,22-23H,5-11H2,1H3,(H,24,26,27)/t12-,14-,16?/m0/s1. The van der Waals surface area contributed by atoms with Crippen LogP contribution in [0.25, 0.3) is 0 Å². The number of ether oxygens (including phenoxy) is 1. The second kappa shape index (κ2) is 8.63. The third kappa shape index (κ3) is 3.88. The Hall–Kier alpha value is -2.62. The number of hydrogen-bond donors (Lipinski definition) is 3. The summed E-state index contributed by atoms with van der Waals surface area (Å²) in [6.07, 6.45) is 1.28. The lowest BCUT2D eigenvalue weighted by Crippen LogP contribution is -2.54. The van der Waals surface area contributed by atoms with Crippen LogP contribution in [-0.2, 0) is 20.9 Å². The Morgan fingerprint density at radius 3 is 2.80 bits per heavy atom. The number of hydrogen-bond acceptors (Lipinski definition) is 7. The average Bonchev–Trinajstić information content (AvgIpc) is 3.26. The second-order valence-corrected chi connectivity index (χ2v) is 8.08. The van der Waals surface area contributed by atoms with E-state index in [2.05, 4.69) is 16.0 Å². The molecule has 9 heteroatoms. The van der Waals surface area contributed by atoms with Gasteiger partial charge in [0.15, 0.2) is 0 Å². The van der Waals surface area contributed by atoms with Gasteiger partial charge in [-0.15, -0.1) is 0 Å². The van der Waals surface area contributed by atoms with E-state index in [1.54, 1.807) is 19.2 Å². The van der Waals surface area contributed by atoms with Crippen molar-refractivity contribution in [3.8, 4) is 0 Å². The van der Waals surface area contributed by atoms with Gasteiger partial charge in [0.25, 0.3) is 11.8 Å². The molecular weight excluding hydrogens is 388 g/mol. The van der Waals surface area contributed by atoms with E-state index in [1.807, 2.05) is 6.07 Å². The number of amides is 4. The van der Waals surface area contributed by atoms with E-state index in [4.69, 9.17) is 4.74 Å². The minimum Gasteiger partial charge on any atom is -0.384 e. The summed E-state index contributed by atoms with van der Waals surface area (Å²) in [7, 11) is 1.71. The molecular formula is C21H26N4O5. The molecule has 3 heterocycles. The van der Waals surface area contributed by atoms with Gasteiger partial charge in [-0.2, -0.15) is 0 Å². The molecule has 1 aromatic carbocycles. The lowest BCUT2D eigenvalue weighted by molar-refractivity contribution is -0.136. The maximum absolute atomic E-state index is 13.1. The highest BCUT2D eigenvalue weighted by Crippen LogP contribution is 2.30. The Morgan fingerprint density at radius 1 is 1.20 bits per heavy atom. The lowest BCUT2D eigenvalue weighted by atomic mass is 10.0. The average molecular weight is 414 g/mol. The van der Waals surface area contributed by atoms with Gasteiger partial charge in [-0.05, 0) is 30.4 Å². The van der Waals surface area contributed by atoms with Gasteiger partial charge in [0.1, 0.15) is 6.04 Å². The Morgan fingerprint density at radius 2 is 2.03 bits per heavy atom. The van der Waals surface area contributed by atoms with E-state index >= 15 is 0 Å². The molecule has 0 spiro atoms. The van der Waals surface area contributed by atoms with Gasteiger partial charge in [0, 0.05) is 39.2 Å². The molecule has 0 bridgehead atoms. The number of nitrogens with one attached hydrogen (secondary N) is 3. The predicted octanol–water partition coefficient (Wildman–Crippen LogP) is -0.198. The molecule has 1 unspecified atom stereocenters. The number of nitrogens with zero attached hydrogens (tertiary/aromatic N) is 1. The van der Waals surface area contributed by atoms with Crippen LogP contribution in [0.1, 0.15) is 45.5 Å². The maximum atomic E-state index is 13.1. The van der Waals surface area contributed by atoms with Crippen molar-refractivity contribution < 1.29 is 23.9 Å². The van der Waals surface area contributed by atoms with E-state index in [0.717, 1.165) is 36.6 Å². The molecule has 0 aliphatic carbocycles. The van der Waals surface area contributed by atoms with Crippen LogP contribution in [-0.4, -0.2) is 67.4 Å². The zero-order valence-electron chi connectivity index (χ0n) is 16.9. The fourth-order valence-electron chi connectivity index (χ4n) is 4.53. The van der Waals surface area contributed by atoms with Crippen molar-refractivity contribution in [2.45, 2.75) is 37.9 Å². The summed E-state index contributed by atoms with van der Waals surface area (Å²) in [4.78, 5) is 50.6. The SMILES string of the molecule is COC[C@@H]1CN[C@H](CNCc2cccc3c2C(=O)N(C2CCC(=O)NC2=O)C3=O)C1. The van der Waals surface area contributed by atoms with Crippen molar-refractivity contribution in [2.75, 3.05) is 26.8 Å². The van der Waals surface area contributed by atoms with Crippen molar-refractivity contribution in [1.29, 1.82) is 0 Å². The zero-order valence-corrected chi connectivity index (χ0v) is 16.9. The summed E-state index contributed by atoms with van der Waals surface area (Å²) >= 11 is 0. The van der Waals surface area contributed by atoms with E-state index in [1.165, 1.54) is 0 Å². The molecule has 3 atom stereocenters. The first-order valence-corrected chi connectivity index (χ1v) is 10.3. The van der Waals surface area contributed by atoms with Crippen molar-refractivity contribution in [1.82, 2.24) is 20.9 Å². The Labute approximate surface area is 174 Å². The zero-order chi connectivity index (χ0) is 21.3. The van der Waals surface area contributed by atoms with E-state index in [9.17, 15) is 19.2 Å². The number of benzene rings is 1. The number of carbonyl (C=O) groups excluding carboxylic acids is 4. The molecule has 3 aliphatic heterocycles. The first-order chi connectivity index (χ1) is 14.5. The minimum atomic E-state index is -0.948. The number of rotatable bonds is 7. The van der Waals surface area contributed by atoms with Gasteiger partial charge in [0.2, 0.25) is 11.8 Å². The molecule has 3 aliphatic rings. The van der Waals surface area contributed by atoms with Crippen molar-refractivity contribution in [2.24, 2.45) is 5.92 Å². The van der Waals surface area contributed by atoms with Crippen LogP contribution >= 0.6 is 0 Å².